The molecule has 1 aromatic carbocycles. The third kappa shape index (κ3) is 2.56. The quantitative estimate of drug-likeness (QED) is 0.735. The van der Waals surface area contributed by atoms with E-state index < -0.39 is 17.4 Å². The zero-order chi connectivity index (χ0) is 15.0. The number of carbonyl (C=O) groups is 1. The predicted molar refractivity (Wildman–Crippen MR) is 76.0 cm³/mol. The number of ketones is 1. The van der Waals surface area contributed by atoms with Crippen molar-refractivity contribution in [2.24, 2.45) is 0 Å². The maximum atomic E-state index is 13.6. The zero-order valence-electron chi connectivity index (χ0n) is 10.5. The Hall–Kier alpha value is -2.15. The molecule has 21 heavy (non-hydrogen) atoms. The molecule has 1 N–H and O–H groups in total. The Bertz CT molecular complexity index is 847. The second-order valence-corrected chi connectivity index (χ2v) is 5.35. The van der Waals surface area contributed by atoms with Gasteiger partial charge < -0.3 is 0 Å². The minimum atomic E-state index is -1.01. The fourth-order valence-corrected chi connectivity index (χ4v) is 2.36. The van der Waals surface area contributed by atoms with Crippen molar-refractivity contribution < 1.29 is 13.6 Å². The van der Waals surface area contributed by atoms with Gasteiger partial charge in [-0.1, -0.05) is 12.1 Å². The molecule has 0 saturated carbocycles. The van der Waals surface area contributed by atoms with Crippen molar-refractivity contribution >= 4 is 32.7 Å². The van der Waals surface area contributed by atoms with Crippen LogP contribution in [0.1, 0.15) is 16.1 Å². The number of nitrogens with zero attached hydrogens (tertiary/aromatic N) is 2. The molecule has 0 saturated heterocycles. The molecule has 0 radical (unpaired) electrons. The van der Waals surface area contributed by atoms with Gasteiger partial charge in [-0.05, 0) is 33.6 Å². The number of nitrogens with one attached hydrogen (secondary N) is 1. The lowest BCUT2D eigenvalue weighted by Gasteiger charge is -2.02. The van der Waals surface area contributed by atoms with Crippen LogP contribution in [0.3, 0.4) is 0 Å². The number of carbonyl (C=O) groups excluding carboxylic acids is 1. The molecule has 0 aliphatic rings. The van der Waals surface area contributed by atoms with Crippen LogP contribution in [0.4, 0.5) is 8.78 Å². The number of aromatic amines is 1. The second kappa shape index (κ2) is 5.33. The van der Waals surface area contributed by atoms with Gasteiger partial charge in [0, 0.05) is 17.1 Å². The number of rotatable bonds is 3. The molecule has 0 amide bonds. The van der Waals surface area contributed by atoms with E-state index in [0.29, 0.717) is 15.5 Å². The number of aromatic nitrogens is 3. The molecule has 106 valence electrons. The highest BCUT2D eigenvalue weighted by Gasteiger charge is 2.18. The summed E-state index contributed by atoms with van der Waals surface area (Å²) in [6, 6.07) is 5.44. The van der Waals surface area contributed by atoms with Gasteiger partial charge in [0.2, 0.25) is 0 Å². The molecule has 4 nitrogen and oxygen atoms in total. The predicted octanol–water partition coefficient (Wildman–Crippen LogP) is 3.42. The standard InChI is InChI=1S/C14H8BrF2N3O/c15-8-5-9-13(19-20-14(9)18-6-8)11(21)4-7-2-1-3-10(16)12(7)17/h1-3,5-6H,4H2,(H,18,19,20). The first-order chi connectivity index (χ1) is 10.1. The second-order valence-electron chi connectivity index (χ2n) is 4.43. The SMILES string of the molecule is O=C(Cc1cccc(F)c1F)c1n[nH]c2ncc(Br)cc12. The summed E-state index contributed by atoms with van der Waals surface area (Å²) in [5, 5.41) is 7.08. The third-order valence-corrected chi connectivity index (χ3v) is 3.46. The zero-order valence-corrected chi connectivity index (χ0v) is 12.1. The summed E-state index contributed by atoms with van der Waals surface area (Å²) in [6.45, 7) is 0. The average molecular weight is 352 g/mol. The van der Waals surface area contributed by atoms with Gasteiger partial charge in [0.25, 0.3) is 0 Å². The molecule has 0 spiro atoms. The lowest BCUT2D eigenvalue weighted by atomic mass is 10.0. The number of halogens is 3. The lowest BCUT2D eigenvalue weighted by molar-refractivity contribution is 0.0988. The van der Waals surface area contributed by atoms with Gasteiger partial charge >= 0.3 is 0 Å². The van der Waals surface area contributed by atoms with E-state index in [2.05, 4.69) is 31.1 Å². The molecule has 0 aliphatic carbocycles. The fraction of sp³-hybridized carbons (Fsp3) is 0.0714. The molecule has 2 heterocycles. The summed E-state index contributed by atoms with van der Waals surface area (Å²) in [7, 11) is 0. The topological polar surface area (TPSA) is 58.6 Å². The van der Waals surface area contributed by atoms with Crippen LogP contribution < -0.4 is 0 Å². The Morgan fingerprint density at radius 2 is 2.14 bits per heavy atom. The summed E-state index contributed by atoms with van der Waals surface area (Å²) < 4.78 is 27.5. The minimum absolute atomic E-state index is 0.000828. The lowest BCUT2D eigenvalue weighted by Crippen LogP contribution is -2.07. The van der Waals surface area contributed by atoms with Crippen LogP contribution in [0.2, 0.25) is 0 Å². The molecule has 0 atom stereocenters. The van der Waals surface area contributed by atoms with Crippen molar-refractivity contribution in [1.29, 1.82) is 0 Å². The van der Waals surface area contributed by atoms with Crippen molar-refractivity contribution in [1.82, 2.24) is 15.2 Å². The number of hydrogen-bond donors (Lipinski definition) is 1. The first-order valence-corrected chi connectivity index (χ1v) is 6.81. The minimum Gasteiger partial charge on any atom is -0.292 e. The van der Waals surface area contributed by atoms with E-state index in [0.717, 1.165) is 6.07 Å². The van der Waals surface area contributed by atoms with E-state index in [4.69, 9.17) is 0 Å². The number of hydrogen-bond acceptors (Lipinski definition) is 3. The summed E-state index contributed by atoms with van der Waals surface area (Å²) in [4.78, 5) is 16.3. The van der Waals surface area contributed by atoms with E-state index in [9.17, 15) is 13.6 Å². The Labute approximate surface area is 126 Å². The summed E-state index contributed by atoms with van der Waals surface area (Å²) in [5.74, 6) is -2.40. The monoisotopic (exact) mass is 351 g/mol. The molecule has 7 heteroatoms. The molecule has 0 unspecified atom stereocenters. The molecule has 0 fully saturated rings. The van der Waals surface area contributed by atoms with Gasteiger partial charge in [-0.25, -0.2) is 13.8 Å². The Morgan fingerprint density at radius 1 is 1.33 bits per heavy atom. The number of Topliss-reactive ketones (excluding diaryl/α,β-unsaturated/α-hetero) is 1. The van der Waals surface area contributed by atoms with Gasteiger partial charge in [0.15, 0.2) is 23.1 Å². The van der Waals surface area contributed by atoms with E-state index >= 15 is 0 Å². The molecule has 0 bridgehead atoms. The van der Waals surface area contributed by atoms with E-state index in [-0.39, 0.29) is 17.7 Å². The highest BCUT2D eigenvalue weighted by atomic mass is 79.9. The van der Waals surface area contributed by atoms with Crippen LogP contribution in [0.5, 0.6) is 0 Å². The molecule has 0 aliphatic heterocycles. The highest BCUT2D eigenvalue weighted by Crippen LogP contribution is 2.21. The third-order valence-electron chi connectivity index (χ3n) is 3.03. The van der Waals surface area contributed by atoms with Crippen LogP contribution in [0.15, 0.2) is 34.9 Å². The number of H-pyrrole nitrogens is 1. The molecular formula is C14H8BrF2N3O. The van der Waals surface area contributed by atoms with Gasteiger partial charge in [-0.2, -0.15) is 5.10 Å². The molecule has 2 aromatic heterocycles. The van der Waals surface area contributed by atoms with Crippen LogP contribution >= 0.6 is 15.9 Å². The van der Waals surface area contributed by atoms with Gasteiger partial charge in [-0.15, -0.1) is 0 Å². The first-order valence-electron chi connectivity index (χ1n) is 6.02. The highest BCUT2D eigenvalue weighted by molar-refractivity contribution is 9.10. The van der Waals surface area contributed by atoms with E-state index in [1.807, 2.05) is 0 Å². The average Bonchev–Trinajstić information content (AvgIpc) is 2.87. The van der Waals surface area contributed by atoms with Crippen LogP contribution in [0.25, 0.3) is 11.0 Å². The van der Waals surface area contributed by atoms with Crippen molar-refractivity contribution in [3.05, 3.63) is 57.8 Å². The van der Waals surface area contributed by atoms with Crippen molar-refractivity contribution in [3.8, 4) is 0 Å². The first kappa shape index (κ1) is 13.8. The smallest absolute Gasteiger partial charge is 0.188 e. The van der Waals surface area contributed by atoms with Crippen molar-refractivity contribution in [2.75, 3.05) is 0 Å². The van der Waals surface area contributed by atoms with Gasteiger partial charge in [-0.3, -0.25) is 9.89 Å². The van der Waals surface area contributed by atoms with Crippen LogP contribution in [-0.2, 0) is 6.42 Å². The summed E-state index contributed by atoms with van der Waals surface area (Å²) in [6.07, 6.45) is 1.30. The normalized spacial score (nSPS) is 11.0. The molecule has 3 aromatic rings. The summed E-state index contributed by atoms with van der Waals surface area (Å²) in [5.41, 5.74) is 0.614. The Kier molecular flexibility index (Phi) is 3.50. The number of benzene rings is 1. The molecular weight excluding hydrogens is 344 g/mol. The van der Waals surface area contributed by atoms with Gasteiger partial charge in [0.05, 0.1) is 5.39 Å². The van der Waals surface area contributed by atoms with E-state index in [1.54, 1.807) is 12.3 Å². The summed E-state index contributed by atoms with van der Waals surface area (Å²) >= 11 is 3.26. The van der Waals surface area contributed by atoms with Crippen LogP contribution in [0, 0.1) is 11.6 Å². The maximum Gasteiger partial charge on any atom is 0.188 e. The number of fused-ring (bicyclic) bond motifs is 1. The van der Waals surface area contributed by atoms with Crippen molar-refractivity contribution in [3.63, 3.8) is 0 Å². The molecule has 3 rings (SSSR count). The Morgan fingerprint density at radius 3 is 2.95 bits per heavy atom. The largest absolute Gasteiger partial charge is 0.292 e. The van der Waals surface area contributed by atoms with Crippen LogP contribution in [-0.4, -0.2) is 21.0 Å². The van der Waals surface area contributed by atoms with Gasteiger partial charge in [0.1, 0.15) is 5.69 Å². The van der Waals surface area contributed by atoms with E-state index in [1.165, 1.54) is 12.1 Å². The maximum absolute atomic E-state index is 13.6. The fourth-order valence-electron chi connectivity index (χ4n) is 2.03. The number of pyridine rings is 1. The Balaban J connectivity index is 1.97. The van der Waals surface area contributed by atoms with Crippen molar-refractivity contribution in [2.45, 2.75) is 6.42 Å².